The molecule has 0 aromatic heterocycles. The summed E-state index contributed by atoms with van der Waals surface area (Å²) in [5.74, 6) is 0.575. The largest absolute Gasteiger partial charge is 0.381 e. The molecular weight excluding hydrogens is 258 g/mol. The Labute approximate surface area is 121 Å². The SMILES string of the molecule is COC1CCCC(NC(C)(CCl)c2ccccc2)C1. The van der Waals surface area contributed by atoms with E-state index in [1.807, 2.05) is 13.2 Å². The quantitative estimate of drug-likeness (QED) is 0.831. The second-order valence-corrected chi connectivity index (χ2v) is 5.96. The van der Waals surface area contributed by atoms with Gasteiger partial charge >= 0.3 is 0 Å². The predicted molar refractivity (Wildman–Crippen MR) is 80.7 cm³/mol. The van der Waals surface area contributed by atoms with Gasteiger partial charge in [0.25, 0.3) is 0 Å². The molecule has 2 rings (SSSR count). The first-order chi connectivity index (χ1) is 9.18. The fourth-order valence-corrected chi connectivity index (χ4v) is 3.18. The van der Waals surface area contributed by atoms with Gasteiger partial charge in [-0.15, -0.1) is 11.6 Å². The van der Waals surface area contributed by atoms with E-state index in [0.29, 0.717) is 18.0 Å². The van der Waals surface area contributed by atoms with Crippen molar-refractivity contribution in [1.29, 1.82) is 0 Å². The molecule has 106 valence electrons. The molecule has 0 saturated heterocycles. The first-order valence-electron chi connectivity index (χ1n) is 7.10. The highest BCUT2D eigenvalue weighted by atomic mass is 35.5. The number of hydrogen-bond donors (Lipinski definition) is 1. The molecule has 1 fully saturated rings. The molecule has 3 unspecified atom stereocenters. The number of ether oxygens (including phenoxy) is 1. The lowest BCUT2D eigenvalue weighted by molar-refractivity contribution is 0.0539. The summed E-state index contributed by atoms with van der Waals surface area (Å²) in [7, 11) is 1.81. The minimum absolute atomic E-state index is 0.164. The Morgan fingerprint density at radius 1 is 1.32 bits per heavy atom. The van der Waals surface area contributed by atoms with Crippen molar-refractivity contribution in [3.63, 3.8) is 0 Å². The highest BCUT2D eigenvalue weighted by molar-refractivity contribution is 6.18. The van der Waals surface area contributed by atoms with Gasteiger partial charge in [-0.05, 0) is 38.2 Å². The number of methoxy groups -OCH3 is 1. The van der Waals surface area contributed by atoms with E-state index < -0.39 is 0 Å². The molecule has 0 aliphatic heterocycles. The van der Waals surface area contributed by atoms with Gasteiger partial charge < -0.3 is 10.1 Å². The number of alkyl halides is 1. The number of hydrogen-bond acceptors (Lipinski definition) is 2. The zero-order chi connectivity index (χ0) is 13.7. The van der Waals surface area contributed by atoms with Crippen LogP contribution >= 0.6 is 11.6 Å². The summed E-state index contributed by atoms with van der Waals surface area (Å²) in [6, 6.07) is 11.0. The Morgan fingerprint density at radius 3 is 2.68 bits per heavy atom. The number of rotatable bonds is 5. The lowest BCUT2D eigenvalue weighted by Gasteiger charge is -2.37. The van der Waals surface area contributed by atoms with Crippen molar-refractivity contribution in [1.82, 2.24) is 5.32 Å². The molecule has 1 saturated carbocycles. The van der Waals surface area contributed by atoms with Gasteiger partial charge in [-0.3, -0.25) is 0 Å². The Bertz CT molecular complexity index is 384. The van der Waals surface area contributed by atoms with Crippen LogP contribution in [0, 0.1) is 0 Å². The Balaban J connectivity index is 2.06. The lowest BCUT2D eigenvalue weighted by atomic mass is 9.87. The smallest absolute Gasteiger partial charge is 0.0586 e. The standard InChI is InChI=1S/C16H24ClNO/c1-16(12-17,13-7-4-3-5-8-13)18-14-9-6-10-15(11-14)19-2/h3-5,7-8,14-15,18H,6,9-12H2,1-2H3. The zero-order valence-electron chi connectivity index (χ0n) is 11.9. The van der Waals surface area contributed by atoms with Crippen LogP contribution in [0.2, 0.25) is 0 Å². The van der Waals surface area contributed by atoms with Crippen molar-refractivity contribution >= 4 is 11.6 Å². The minimum Gasteiger partial charge on any atom is -0.381 e. The van der Waals surface area contributed by atoms with E-state index in [9.17, 15) is 0 Å². The molecule has 1 aliphatic carbocycles. The van der Waals surface area contributed by atoms with E-state index in [4.69, 9.17) is 16.3 Å². The van der Waals surface area contributed by atoms with Gasteiger partial charge in [0, 0.05) is 19.0 Å². The van der Waals surface area contributed by atoms with E-state index in [-0.39, 0.29) is 5.54 Å². The van der Waals surface area contributed by atoms with Crippen LogP contribution < -0.4 is 5.32 Å². The van der Waals surface area contributed by atoms with Gasteiger partial charge in [0.15, 0.2) is 0 Å². The Hall–Kier alpha value is -0.570. The highest BCUT2D eigenvalue weighted by Gasteiger charge is 2.31. The first-order valence-corrected chi connectivity index (χ1v) is 7.63. The van der Waals surface area contributed by atoms with Gasteiger partial charge in [0.1, 0.15) is 0 Å². The third-order valence-corrected chi connectivity index (χ3v) is 4.69. The molecule has 2 nitrogen and oxygen atoms in total. The molecule has 1 aromatic rings. The highest BCUT2D eigenvalue weighted by Crippen LogP contribution is 2.27. The molecule has 3 heteroatoms. The second kappa shape index (κ2) is 6.74. The maximum Gasteiger partial charge on any atom is 0.0586 e. The maximum absolute atomic E-state index is 6.24. The molecule has 0 radical (unpaired) electrons. The van der Waals surface area contributed by atoms with Gasteiger partial charge in [-0.1, -0.05) is 30.3 Å². The summed E-state index contributed by atoms with van der Waals surface area (Å²) in [5, 5.41) is 3.75. The summed E-state index contributed by atoms with van der Waals surface area (Å²) in [4.78, 5) is 0. The average molecular weight is 282 g/mol. The second-order valence-electron chi connectivity index (χ2n) is 5.70. The lowest BCUT2D eigenvalue weighted by Crippen LogP contribution is -2.49. The molecule has 1 aromatic carbocycles. The van der Waals surface area contributed by atoms with Crippen molar-refractivity contribution in [3.8, 4) is 0 Å². The van der Waals surface area contributed by atoms with E-state index in [1.165, 1.54) is 24.8 Å². The van der Waals surface area contributed by atoms with Crippen LogP contribution in [-0.4, -0.2) is 25.1 Å². The van der Waals surface area contributed by atoms with Crippen molar-refractivity contribution < 1.29 is 4.74 Å². The minimum atomic E-state index is -0.164. The van der Waals surface area contributed by atoms with Crippen LogP contribution in [0.5, 0.6) is 0 Å². The van der Waals surface area contributed by atoms with E-state index in [1.54, 1.807) is 0 Å². The van der Waals surface area contributed by atoms with Crippen molar-refractivity contribution in [2.45, 2.75) is 50.3 Å². The molecule has 1 N–H and O–H groups in total. The number of halogens is 1. The molecule has 1 aliphatic rings. The number of benzene rings is 1. The first kappa shape index (κ1) is 14.8. The average Bonchev–Trinajstić information content (AvgIpc) is 2.48. The molecule has 3 atom stereocenters. The van der Waals surface area contributed by atoms with E-state index in [2.05, 4.69) is 36.5 Å². The van der Waals surface area contributed by atoms with E-state index in [0.717, 1.165) is 6.42 Å². The summed E-state index contributed by atoms with van der Waals surface area (Å²) in [6.07, 6.45) is 5.08. The normalized spacial score (nSPS) is 26.9. The van der Waals surface area contributed by atoms with Gasteiger partial charge in [0.05, 0.1) is 11.6 Å². The van der Waals surface area contributed by atoms with Crippen molar-refractivity contribution in [2.24, 2.45) is 0 Å². The summed E-state index contributed by atoms with van der Waals surface area (Å²) in [5.41, 5.74) is 1.09. The van der Waals surface area contributed by atoms with Gasteiger partial charge in [-0.25, -0.2) is 0 Å². The van der Waals surface area contributed by atoms with Gasteiger partial charge in [0.2, 0.25) is 0 Å². The van der Waals surface area contributed by atoms with Crippen LogP contribution in [0.25, 0.3) is 0 Å². The van der Waals surface area contributed by atoms with Crippen LogP contribution in [0.3, 0.4) is 0 Å². The molecule has 0 heterocycles. The summed E-state index contributed by atoms with van der Waals surface area (Å²) < 4.78 is 5.50. The van der Waals surface area contributed by atoms with Crippen LogP contribution in [0.1, 0.15) is 38.2 Å². The number of nitrogens with one attached hydrogen (secondary N) is 1. The maximum atomic E-state index is 6.24. The summed E-state index contributed by atoms with van der Waals surface area (Å²) in [6.45, 7) is 2.19. The van der Waals surface area contributed by atoms with Gasteiger partial charge in [-0.2, -0.15) is 0 Å². The summed E-state index contributed by atoms with van der Waals surface area (Å²) >= 11 is 6.24. The van der Waals surface area contributed by atoms with Crippen LogP contribution in [0.15, 0.2) is 30.3 Å². The molecule has 19 heavy (non-hydrogen) atoms. The van der Waals surface area contributed by atoms with Crippen molar-refractivity contribution in [3.05, 3.63) is 35.9 Å². The third-order valence-electron chi connectivity index (χ3n) is 4.16. The van der Waals surface area contributed by atoms with Crippen molar-refractivity contribution in [2.75, 3.05) is 13.0 Å². The molecule has 0 spiro atoms. The monoisotopic (exact) mass is 281 g/mol. The predicted octanol–water partition coefficient (Wildman–Crippen LogP) is 3.69. The van der Waals surface area contributed by atoms with E-state index >= 15 is 0 Å². The third kappa shape index (κ3) is 3.71. The Morgan fingerprint density at radius 2 is 2.05 bits per heavy atom. The fourth-order valence-electron chi connectivity index (χ4n) is 2.95. The van der Waals surface area contributed by atoms with Crippen LogP contribution in [-0.2, 0) is 10.3 Å². The fraction of sp³-hybridized carbons (Fsp3) is 0.625. The zero-order valence-corrected chi connectivity index (χ0v) is 12.6. The van der Waals surface area contributed by atoms with Crippen LogP contribution in [0.4, 0.5) is 0 Å². The Kier molecular flexibility index (Phi) is 5.26. The molecular formula is C16H24ClNO. The molecule has 0 bridgehead atoms. The molecule has 0 amide bonds. The topological polar surface area (TPSA) is 21.3 Å².